The molecule has 26 heavy (non-hydrogen) atoms. The highest BCUT2D eigenvalue weighted by Gasteiger charge is 2.22. The largest absolute Gasteiger partial charge is 0.497 e. The number of nitrogens with zero attached hydrogens (tertiary/aromatic N) is 5. The molecule has 2 aromatic rings. The van der Waals surface area contributed by atoms with Crippen LogP contribution in [-0.4, -0.2) is 63.1 Å². The lowest BCUT2D eigenvalue weighted by atomic mass is 10.2. The van der Waals surface area contributed by atoms with Gasteiger partial charge in [0.25, 0.3) is 0 Å². The van der Waals surface area contributed by atoms with E-state index in [9.17, 15) is 4.79 Å². The van der Waals surface area contributed by atoms with Gasteiger partial charge in [-0.15, -0.1) is 5.10 Å². The van der Waals surface area contributed by atoms with Crippen LogP contribution in [0.2, 0.25) is 0 Å². The molecule has 0 aliphatic heterocycles. The number of benzene rings is 1. The molecule has 0 saturated heterocycles. The number of methoxy groups -OCH3 is 2. The lowest BCUT2D eigenvalue weighted by molar-refractivity contribution is -0.131. The molecule has 2 rings (SSSR count). The van der Waals surface area contributed by atoms with Crippen LogP contribution in [-0.2, 0) is 4.79 Å². The van der Waals surface area contributed by atoms with E-state index < -0.39 is 0 Å². The number of ether oxygens (including phenoxy) is 2. The third-order valence-electron chi connectivity index (χ3n) is 3.78. The van der Waals surface area contributed by atoms with Crippen LogP contribution in [0.15, 0.2) is 23.4 Å². The Balaban J connectivity index is 2.23. The first-order valence-electron chi connectivity index (χ1n) is 8.33. The number of carbonyl (C=O) groups is 1. The zero-order chi connectivity index (χ0) is 19.3. The van der Waals surface area contributed by atoms with Crippen molar-refractivity contribution in [1.82, 2.24) is 25.1 Å². The number of aromatic nitrogens is 4. The van der Waals surface area contributed by atoms with E-state index in [1.54, 1.807) is 37.1 Å². The maximum atomic E-state index is 12.6. The molecule has 1 aromatic carbocycles. The summed E-state index contributed by atoms with van der Waals surface area (Å²) in [4.78, 5) is 14.4. The summed E-state index contributed by atoms with van der Waals surface area (Å²) in [5.41, 5.74) is 0.649. The van der Waals surface area contributed by atoms with Gasteiger partial charge in [0.15, 0.2) is 0 Å². The molecule has 0 N–H and O–H groups in total. The molecule has 0 radical (unpaired) electrons. The molecule has 142 valence electrons. The van der Waals surface area contributed by atoms with Crippen molar-refractivity contribution in [3.8, 4) is 17.2 Å². The van der Waals surface area contributed by atoms with Gasteiger partial charge < -0.3 is 14.4 Å². The van der Waals surface area contributed by atoms with Crippen LogP contribution in [0.1, 0.15) is 27.7 Å². The average molecular weight is 379 g/mol. The van der Waals surface area contributed by atoms with E-state index in [0.717, 1.165) is 0 Å². The van der Waals surface area contributed by atoms with E-state index in [1.807, 2.05) is 32.6 Å². The van der Waals surface area contributed by atoms with Gasteiger partial charge in [-0.05, 0) is 50.3 Å². The van der Waals surface area contributed by atoms with Gasteiger partial charge in [-0.3, -0.25) is 4.79 Å². The SMILES string of the molecule is COc1ccc(OC)c(-n2nnnc2SCC(=O)N(C(C)C)C(C)C)c1. The smallest absolute Gasteiger partial charge is 0.233 e. The normalized spacial score (nSPS) is 11.1. The Hall–Kier alpha value is -2.29. The Morgan fingerprint density at radius 1 is 1.19 bits per heavy atom. The summed E-state index contributed by atoms with van der Waals surface area (Å²) in [6, 6.07) is 5.64. The van der Waals surface area contributed by atoms with Gasteiger partial charge >= 0.3 is 0 Å². The summed E-state index contributed by atoms with van der Waals surface area (Å²) >= 11 is 1.29. The van der Waals surface area contributed by atoms with Gasteiger partial charge in [0.1, 0.15) is 17.2 Å². The van der Waals surface area contributed by atoms with Crippen molar-refractivity contribution in [3.63, 3.8) is 0 Å². The van der Waals surface area contributed by atoms with Crippen molar-refractivity contribution in [2.45, 2.75) is 44.9 Å². The van der Waals surface area contributed by atoms with Crippen molar-refractivity contribution in [2.24, 2.45) is 0 Å². The van der Waals surface area contributed by atoms with Crippen LogP contribution in [0, 0.1) is 0 Å². The molecular weight excluding hydrogens is 354 g/mol. The number of tetrazole rings is 1. The Morgan fingerprint density at radius 2 is 1.88 bits per heavy atom. The highest BCUT2D eigenvalue weighted by atomic mass is 32.2. The molecule has 0 fully saturated rings. The maximum Gasteiger partial charge on any atom is 0.233 e. The minimum atomic E-state index is 0.0483. The topological polar surface area (TPSA) is 82.4 Å². The first-order valence-corrected chi connectivity index (χ1v) is 9.32. The van der Waals surface area contributed by atoms with Gasteiger partial charge in [0.05, 0.1) is 20.0 Å². The van der Waals surface area contributed by atoms with Crippen LogP contribution >= 0.6 is 11.8 Å². The van der Waals surface area contributed by atoms with Crippen molar-refractivity contribution in [2.75, 3.05) is 20.0 Å². The summed E-state index contributed by atoms with van der Waals surface area (Å²) in [6.45, 7) is 8.03. The monoisotopic (exact) mass is 379 g/mol. The van der Waals surface area contributed by atoms with E-state index >= 15 is 0 Å². The minimum Gasteiger partial charge on any atom is -0.497 e. The number of rotatable bonds is 8. The van der Waals surface area contributed by atoms with Crippen LogP contribution < -0.4 is 9.47 Å². The van der Waals surface area contributed by atoms with E-state index in [1.165, 1.54) is 11.8 Å². The third-order valence-corrected chi connectivity index (χ3v) is 4.68. The molecule has 0 aliphatic carbocycles. The third kappa shape index (κ3) is 4.46. The van der Waals surface area contributed by atoms with Crippen LogP contribution in [0.3, 0.4) is 0 Å². The number of thioether (sulfide) groups is 1. The number of amides is 1. The van der Waals surface area contributed by atoms with E-state index in [2.05, 4.69) is 15.5 Å². The molecule has 0 spiro atoms. The summed E-state index contributed by atoms with van der Waals surface area (Å²) < 4.78 is 12.2. The number of carbonyl (C=O) groups excluding carboxylic acids is 1. The summed E-state index contributed by atoms with van der Waals surface area (Å²) in [5.74, 6) is 1.57. The van der Waals surface area contributed by atoms with Crippen LogP contribution in [0.25, 0.3) is 5.69 Å². The van der Waals surface area contributed by atoms with E-state index in [0.29, 0.717) is 22.3 Å². The maximum absolute atomic E-state index is 12.6. The van der Waals surface area contributed by atoms with Gasteiger partial charge in [-0.1, -0.05) is 11.8 Å². The van der Waals surface area contributed by atoms with Gasteiger partial charge in [-0.25, -0.2) is 0 Å². The van der Waals surface area contributed by atoms with Crippen molar-refractivity contribution < 1.29 is 14.3 Å². The molecule has 0 saturated carbocycles. The van der Waals surface area contributed by atoms with Gasteiger partial charge in [0.2, 0.25) is 11.1 Å². The fraction of sp³-hybridized carbons (Fsp3) is 0.529. The molecule has 0 atom stereocenters. The molecule has 0 unspecified atom stereocenters. The Kier molecular flexibility index (Phi) is 6.84. The van der Waals surface area contributed by atoms with Crippen molar-refractivity contribution >= 4 is 17.7 Å². The molecule has 0 aliphatic rings. The zero-order valence-corrected chi connectivity index (χ0v) is 16.8. The predicted molar refractivity (Wildman–Crippen MR) is 100 cm³/mol. The summed E-state index contributed by atoms with van der Waals surface area (Å²) in [7, 11) is 3.17. The minimum absolute atomic E-state index is 0.0483. The standard InChI is InChI=1S/C17H25N5O3S/c1-11(2)21(12(3)4)16(23)10-26-17-18-19-20-22(17)14-9-13(24-5)7-8-15(14)25-6/h7-9,11-12H,10H2,1-6H3. The molecule has 9 heteroatoms. The van der Waals surface area contributed by atoms with E-state index in [4.69, 9.17) is 9.47 Å². The van der Waals surface area contributed by atoms with E-state index in [-0.39, 0.29) is 23.7 Å². The lowest BCUT2D eigenvalue weighted by Crippen LogP contribution is -2.43. The summed E-state index contributed by atoms with van der Waals surface area (Å²) in [5, 5.41) is 12.3. The first kappa shape index (κ1) is 20.0. The molecule has 1 heterocycles. The fourth-order valence-corrected chi connectivity index (χ4v) is 3.51. The Morgan fingerprint density at radius 3 is 2.46 bits per heavy atom. The lowest BCUT2D eigenvalue weighted by Gasteiger charge is -2.30. The van der Waals surface area contributed by atoms with Gasteiger partial charge in [-0.2, -0.15) is 4.68 Å². The van der Waals surface area contributed by atoms with Gasteiger partial charge in [0, 0.05) is 18.2 Å². The highest BCUT2D eigenvalue weighted by molar-refractivity contribution is 7.99. The summed E-state index contributed by atoms with van der Waals surface area (Å²) in [6.07, 6.45) is 0. The van der Waals surface area contributed by atoms with Crippen LogP contribution in [0.4, 0.5) is 0 Å². The van der Waals surface area contributed by atoms with Crippen LogP contribution in [0.5, 0.6) is 11.5 Å². The number of hydrogen-bond donors (Lipinski definition) is 0. The number of hydrogen-bond acceptors (Lipinski definition) is 7. The molecule has 1 aromatic heterocycles. The highest BCUT2D eigenvalue weighted by Crippen LogP contribution is 2.29. The molecule has 8 nitrogen and oxygen atoms in total. The fourth-order valence-electron chi connectivity index (χ4n) is 2.76. The molecular formula is C17H25N5O3S. The van der Waals surface area contributed by atoms with Crippen molar-refractivity contribution in [1.29, 1.82) is 0 Å². The first-order chi connectivity index (χ1) is 12.4. The Labute approximate surface area is 157 Å². The Bertz CT molecular complexity index is 740. The zero-order valence-electron chi connectivity index (χ0n) is 16.0. The quantitative estimate of drug-likeness (QED) is 0.651. The second-order valence-electron chi connectivity index (χ2n) is 6.19. The van der Waals surface area contributed by atoms with Crippen molar-refractivity contribution in [3.05, 3.63) is 18.2 Å². The average Bonchev–Trinajstić information content (AvgIpc) is 3.07. The molecule has 0 bridgehead atoms. The molecule has 1 amide bonds. The second kappa shape index (κ2) is 8.88. The second-order valence-corrected chi connectivity index (χ2v) is 7.13. The predicted octanol–water partition coefficient (Wildman–Crippen LogP) is 2.42.